The Hall–Kier alpha value is -2.57. The maximum absolute atomic E-state index is 12.7. The zero-order valence-corrected chi connectivity index (χ0v) is 21.8. The largest absolute Gasteiger partial charge is 0.375 e. The molecule has 1 amide bonds. The minimum absolute atomic E-state index is 0.0819. The summed E-state index contributed by atoms with van der Waals surface area (Å²) in [7, 11) is 0. The van der Waals surface area contributed by atoms with Crippen molar-refractivity contribution in [2.75, 3.05) is 36.4 Å². The predicted octanol–water partition coefficient (Wildman–Crippen LogP) is 6.67. The molecule has 5 rings (SSSR count). The third-order valence-corrected chi connectivity index (χ3v) is 8.89. The molecule has 1 N–H and O–H groups in total. The first-order valence-corrected chi connectivity index (χ1v) is 13.8. The molecule has 1 unspecified atom stereocenters. The van der Waals surface area contributed by atoms with E-state index < -0.39 is 0 Å². The van der Waals surface area contributed by atoms with Crippen molar-refractivity contribution in [3.05, 3.63) is 75.7 Å². The lowest BCUT2D eigenvalue weighted by Gasteiger charge is -2.42. The van der Waals surface area contributed by atoms with E-state index in [1.165, 1.54) is 54.7 Å². The molecule has 1 aromatic carbocycles. The van der Waals surface area contributed by atoms with Gasteiger partial charge in [0.05, 0.1) is 14.8 Å². The van der Waals surface area contributed by atoms with Gasteiger partial charge >= 0.3 is 0 Å². The van der Waals surface area contributed by atoms with Gasteiger partial charge in [-0.05, 0) is 73.7 Å². The van der Waals surface area contributed by atoms with Crippen LogP contribution >= 0.6 is 22.9 Å². The lowest BCUT2D eigenvalue weighted by molar-refractivity contribution is 0.0751. The highest BCUT2D eigenvalue weighted by atomic mass is 35.5. The SMILES string of the molecule is CC(Nc1ccc(N2CCN(C(=O)c3ccc(Cl)s3)CC2)cc1)(c1cccnc1)C1CCCCC1. The van der Waals surface area contributed by atoms with Crippen LogP contribution in [-0.2, 0) is 5.54 Å². The molecule has 35 heavy (non-hydrogen) atoms. The molecular formula is C28H33ClN4OS. The Morgan fingerprint density at radius 1 is 1.03 bits per heavy atom. The van der Waals surface area contributed by atoms with E-state index in [1.54, 1.807) is 6.07 Å². The number of pyridine rings is 1. The number of hydrogen-bond donors (Lipinski definition) is 1. The Kier molecular flexibility index (Phi) is 7.30. The third-order valence-electron chi connectivity index (χ3n) is 7.67. The molecule has 5 nitrogen and oxygen atoms in total. The van der Waals surface area contributed by atoms with Crippen LogP contribution in [0.4, 0.5) is 11.4 Å². The third kappa shape index (κ3) is 5.34. The lowest BCUT2D eigenvalue weighted by Crippen LogP contribution is -2.48. The fourth-order valence-electron chi connectivity index (χ4n) is 5.57. The lowest BCUT2D eigenvalue weighted by atomic mass is 9.72. The summed E-state index contributed by atoms with van der Waals surface area (Å²) in [4.78, 5) is 22.2. The first-order chi connectivity index (χ1) is 17.0. The molecule has 2 aromatic heterocycles. The first-order valence-electron chi connectivity index (χ1n) is 12.6. The number of thiophene rings is 1. The number of anilines is 2. The number of piperazine rings is 1. The molecule has 1 aliphatic heterocycles. The van der Waals surface area contributed by atoms with Gasteiger partial charge in [0, 0.05) is 49.9 Å². The van der Waals surface area contributed by atoms with Gasteiger partial charge < -0.3 is 15.1 Å². The molecule has 3 heterocycles. The Bertz CT molecular complexity index is 1120. The van der Waals surface area contributed by atoms with Crippen molar-refractivity contribution in [1.29, 1.82) is 0 Å². The molecule has 0 bridgehead atoms. The standard InChI is InChI=1S/C28H33ClN4OS/c1-28(21-6-3-2-4-7-21,22-8-5-15-30-20-22)31-23-9-11-24(12-10-23)32-16-18-33(19-17-32)27(34)25-13-14-26(29)35-25/h5,8-15,20-21,31H,2-4,6-7,16-19H2,1H3. The van der Waals surface area contributed by atoms with E-state index in [2.05, 4.69) is 52.5 Å². The van der Waals surface area contributed by atoms with Gasteiger partial charge in [-0.1, -0.05) is 36.9 Å². The normalized spacial score (nSPS) is 18.8. The van der Waals surface area contributed by atoms with Gasteiger partial charge in [-0.25, -0.2) is 0 Å². The number of hydrogen-bond acceptors (Lipinski definition) is 5. The molecule has 0 radical (unpaired) electrons. The van der Waals surface area contributed by atoms with E-state index >= 15 is 0 Å². The minimum atomic E-state index is -0.146. The second-order valence-electron chi connectivity index (χ2n) is 9.83. The van der Waals surface area contributed by atoms with Gasteiger partial charge in [0.1, 0.15) is 0 Å². The van der Waals surface area contributed by atoms with Crippen molar-refractivity contribution >= 4 is 40.2 Å². The molecule has 2 aliphatic rings. The van der Waals surface area contributed by atoms with E-state index in [4.69, 9.17) is 11.6 Å². The molecule has 3 aromatic rings. The Morgan fingerprint density at radius 3 is 2.40 bits per heavy atom. The van der Waals surface area contributed by atoms with Crippen molar-refractivity contribution in [1.82, 2.24) is 9.88 Å². The van der Waals surface area contributed by atoms with E-state index in [0.29, 0.717) is 15.1 Å². The predicted molar refractivity (Wildman–Crippen MR) is 146 cm³/mol. The van der Waals surface area contributed by atoms with Gasteiger partial charge in [-0.2, -0.15) is 0 Å². The fraction of sp³-hybridized carbons (Fsp3) is 0.429. The van der Waals surface area contributed by atoms with Gasteiger partial charge in [-0.3, -0.25) is 9.78 Å². The second-order valence-corrected chi connectivity index (χ2v) is 11.5. The van der Waals surface area contributed by atoms with Gasteiger partial charge in [-0.15, -0.1) is 11.3 Å². The number of rotatable bonds is 6. The number of benzene rings is 1. The van der Waals surface area contributed by atoms with Crippen LogP contribution < -0.4 is 10.2 Å². The number of nitrogens with one attached hydrogen (secondary N) is 1. The van der Waals surface area contributed by atoms with Gasteiger partial charge in [0.15, 0.2) is 0 Å². The van der Waals surface area contributed by atoms with E-state index in [-0.39, 0.29) is 11.4 Å². The van der Waals surface area contributed by atoms with Crippen LogP contribution in [0.25, 0.3) is 0 Å². The number of carbonyl (C=O) groups excluding carboxylic acids is 1. The highest BCUT2D eigenvalue weighted by molar-refractivity contribution is 7.17. The smallest absolute Gasteiger partial charge is 0.264 e. The average molecular weight is 509 g/mol. The van der Waals surface area contributed by atoms with E-state index in [9.17, 15) is 4.79 Å². The number of halogens is 1. The summed E-state index contributed by atoms with van der Waals surface area (Å²) in [6.45, 7) is 5.43. The Labute approximate surface area is 217 Å². The zero-order valence-electron chi connectivity index (χ0n) is 20.3. The molecule has 0 spiro atoms. The summed E-state index contributed by atoms with van der Waals surface area (Å²) in [6.07, 6.45) is 10.3. The summed E-state index contributed by atoms with van der Waals surface area (Å²) in [5, 5.41) is 3.89. The van der Waals surface area contributed by atoms with E-state index in [0.717, 1.165) is 31.9 Å². The molecule has 184 valence electrons. The van der Waals surface area contributed by atoms with Crippen LogP contribution in [0.15, 0.2) is 60.9 Å². The van der Waals surface area contributed by atoms with Crippen LogP contribution in [0.2, 0.25) is 4.34 Å². The first kappa shape index (κ1) is 24.1. The van der Waals surface area contributed by atoms with Gasteiger partial charge in [0.2, 0.25) is 0 Å². The van der Waals surface area contributed by atoms with Crippen LogP contribution in [-0.4, -0.2) is 42.0 Å². The molecule has 1 saturated heterocycles. The van der Waals surface area contributed by atoms with Crippen molar-refractivity contribution in [2.45, 2.75) is 44.6 Å². The Morgan fingerprint density at radius 2 is 1.77 bits per heavy atom. The number of carbonyl (C=O) groups is 1. The maximum Gasteiger partial charge on any atom is 0.264 e. The maximum atomic E-state index is 12.7. The van der Waals surface area contributed by atoms with Crippen LogP contribution in [0.5, 0.6) is 0 Å². The molecule has 2 fully saturated rings. The zero-order chi connectivity index (χ0) is 24.3. The number of amides is 1. The second kappa shape index (κ2) is 10.6. The summed E-state index contributed by atoms with van der Waals surface area (Å²) < 4.78 is 0.656. The molecule has 7 heteroatoms. The van der Waals surface area contributed by atoms with Crippen molar-refractivity contribution < 1.29 is 4.79 Å². The van der Waals surface area contributed by atoms with Crippen molar-refractivity contribution in [3.63, 3.8) is 0 Å². The Balaban J connectivity index is 1.25. The molecular weight excluding hydrogens is 476 g/mol. The minimum Gasteiger partial charge on any atom is -0.375 e. The molecule has 1 atom stereocenters. The highest BCUT2D eigenvalue weighted by Crippen LogP contribution is 2.41. The average Bonchev–Trinajstić information content (AvgIpc) is 3.36. The van der Waals surface area contributed by atoms with Crippen LogP contribution in [0.1, 0.15) is 54.3 Å². The fourth-order valence-corrected chi connectivity index (χ4v) is 6.58. The highest BCUT2D eigenvalue weighted by Gasteiger charge is 2.36. The molecule has 1 saturated carbocycles. The summed E-state index contributed by atoms with van der Waals surface area (Å²) >= 11 is 7.36. The number of aromatic nitrogens is 1. The van der Waals surface area contributed by atoms with Crippen LogP contribution in [0.3, 0.4) is 0 Å². The van der Waals surface area contributed by atoms with Crippen molar-refractivity contribution in [2.24, 2.45) is 5.92 Å². The topological polar surface area (TPSA) is 48.5 Å². The monoisotopic (exact) mass is 508 g/mol. The van der Waals surface area contributed by atoms with Crippen molar-refractivity contribution in [3.8, 4) is 0 Å². The number of nitrogens with zero attached hydrogens (tertiary/aromatic N) is 3. The van der Waals surface area contributed by atoms with E-state index in [1.807, 2.05) is 29.4 Å². The van der Waals surface area contributed by atoms with Crippen LogP contribution in [0, 0.1) is 5.92 Å². The quantitative estimate of drug-likeness (QED) is 0.404. The van der Waals surface area contributed by atoms with Gasteiger partial charge in [0.25, 0.3) is 5.91 Å². The summed E-state index contributed by atoms with van der Waals surface area (Å²) in [5.41, 5.74) is 3.44. The summed E-state index contributed by atoms with van der Waals surface area (Å²) in [6, 6.07) is 16.6. The molecule has 1 aliphatic carbocycles. The summed E-state index contributed by atoms with van der Waals surface area (Å²) in [5.74, 6) is 0.669.